The highest BCUT2D eigenvalue weighted by Gasteiger charge is 2.17. The molecule has 1 aromatic carbocycles. The van der Waals surface area contributed by atoms with Crippen LogP contribution in [0.15, 0.2) is 48.8 Å². The van der Waals surface area contributed by atoms with Gasteiger partial charge in [0.15, 0.2) is 0 Å². The van der Waals surface area contributed by atoms with E-state index in [1.807, 2.05) is 0 Å². The topological polar surface area (TPSA) is 128 Å². The molecule has 0 saturated heterocycles. The number of carbonyl (C=O) groups excluding carboxylic acids is 2. The van der Waals surface area contributed by atoms with E-state index >= 15 is 0 Å². The molecule has 1 aliphatic rings. The maximum absolute atomic E-state index is 12.8. The zero-order valence-electron chi connectivity index (χ0n) is 18.4. The Labute approximate surface area is 195 Å². The van der Waals surface area contributed by atoms with E-state index in [-0.39, 0.29) is 17.5 Å². The van der Waals surface area contributed by atoms with Crippen LogP contribution in [0.3, 0.4) is 0 Å². The summed E-state index contributed by atoms with van der Waals surface area (Å²) in [5, 5.41) is 5.40. The SMILES string of the molecule is O=C(Nc1nc2c(C(=O)Nc3ncc[nH]3)cccc2[nH]1)c1cccc(C#CC2CCCCC2)n1. The molecule has 1 fully saturated rings. The van der Waals surface area contributed by atoms with Crippen LogP contribution in [-0.2, 0) is 0 Å². The monoisotopic (exact) mass is 453 g/mol. The van der Waals surface area contributed by atoms with Crippen molar-refractivity contribution in [3.63, 3.8) is 0 Å². The predicted molar refractivity (Wildman–Crippen MR) is 128 cm³/mol. The normalized spacial score (nSPS) is 13.8. The number of aromatic nitrogens is 5. The number of hydrogen-bond acceptors (Lipinski definition) is 5. The number of benzene rings is 1. The largest absolute Gasteiger partial charge is 0.331 e. The Morgan fingerprint density at radius 1 is 0.941 bits per heavy atom. The number of anilines is 2. The van der Waals surface area contributed by atoms with Crippen molar-refractivity contribution in [3.05, 3.63) is 65.7 Å². The summed E-state index contributed by atoms with van der Waals surface area (Å²) in [5.74, 6) is 6.60. The number of hydrogen-bond donors (Lipinski definition) is 4. The van der Waals surface area contributed by atoms with Crippen LogP contribution < -0.4 is 10.6 Å². The molecule has 0 bridgehead atoms. The first-order valence-corrected chi connectivity index (χ1v) is 11.2. The van der Waals surface area contributed by atoms with Crippen LogP contribution in [0.1, 0.15) is 58.6 Å². The van der Waals surface area contributed by atoms with Gasteiger partial charge in [0.25, 0.3) is 11.8 Å². The average molecular weight is 454 g/mol. The Bertz CT molecular complexity index is 1390. The highest BCUT2D eigenvalue weighted by atomic mass is 16.2. The summed E-state index contributed by atoms with van der Waals surface area (Å²) in [5.41, 5.74) is 2.21. The van der Waals surface area contributed by atoms with Crippen LogP contribution in [0.2, 0.25) is 0 Å². The Kier molecular flexibility index (Phi) is 6.03. The highest BCUT2D eigenvalue weighted by molar-refractivity contribution is 6.11. The molecule has 1 saturated carbocycles. The lowest BCUT2D eigenvalue weighted by Crippen LogP contribution is -2.15. The van der Waals surface area contributed by atoms with Crippen molar-refractivity contribution in [2.75, 3.05) is 10.6 Å². The molecular formula is C25H23N7O2. The second kappa shape index (κ2) is 9.58. The van der Waals surface area contributed by atoms with Crippen LogP contribution in [0.25, 0.3) is 11.0 Å². The minimum Gasteiger partial charge on any atom is -0.331 e. The Morgan fingerprint density at radius 2 is 1.76 bits per heavy atom. The molecule has 4 N–H and O–H groups in total. The van der Waals surface area contributed by atoms with Crippen molar-refractivity contribution < 1.29 is 9.59 Å². The van der Waals surface area contributed by atoms with Gasteiger partial charge in [-0.1, -0.05) is 37.3 Å². The van der Waals surface area contributed by atoms with Gasteiger partial charge in [0.05, 0.1) is 11.1 Å². The third kappa shape index (κ3) is 4.81. The molecule has 34 heavy (non-hydrogen) atoms. The fourth-order valence-electron chi connectivity index (χ4n) is 4.01. The molecule has 0 atom stereocenters. The number of pyridine rings is 1. The summed E-state index contributed by atoms with van der Waals surface area (Å²) in [4.78, 5) is 44.1. The summed E-state index contributed by atoms with van der Waals surface area (Å²) < 4.78 is 0. The molecule has 4 aromatic rings. The van der Waals surface area contributed by atoms with Gasteiger partial charge in [0, 0.05) is 18.3 Å². The van der Waals surface area contributed by atoms with Gasteiger partial charge in [-0.25, -0.2) is 15.0 Å². The molecule has 5 rings (SSSR count). The third-order valence-electron chi connectivity index (χ3n) is 5.71. The molecule has 0 radical (unpaired) electrons. The Hall–Kier alpha value is -4.45. The number of para-hydroxylation sites is 1. The first-order valence-electron chi connectivity index (χ1n) is 11.2. The van der Waals surface area contributed by atoms with Crippen molar-refractivity contribution in [1.82, 2.24) is 24.9 Å². The molecule has 2 amide bonds. The first kappa shape index (κ1) is 21.4. The number of aromatic amines is 2. The number of nitrogens with one attached hydrogen (secondary N) is 4. The highest BCUT2D eigenvalue weighted by Crippen LogP contribution is 2.23. The van der Waals surface area contributed by atoms with Gasteiger partial charge in [-0.3, -0.25) is 20.2 Å². The zero-order valence-corrected chi connectivity index (χ0v) is 18.4. The van der Waals surface area contributed by atoms with Crippen LogP contribution in [0.4, 0.5) is 11.9 Å². The molecule has 9 heteroatoms. The fraction of sp³-hybridized carbons (Fsp3) is 0.240. The van der Waals surface area contributed by atoms with Crippen molar-refractivity contribution >= 4 is 34.7 Å². The van der Waals surface area contributed by atoms with E-state index in [9.17, 15) is 9.59 Å². The molecule has 9 nitrogen and oxygen atoms in total. The van der Waals surface area contributed by atoms with E-state index in [4.69, 9.17) is 0 Å². The van der Waals surface area contributed by atoms with Crippen molar-refractivity contribution in [2.24, 2.45) is 5.92 Å². The first-order chi connectivity index (χ1) is 16.7. The van der Waals surface area contributed by atoms with Crippen LogP contribution in [0, 0.1) is 17.8 Å². The zero-order chi connectivity index (χ0) is 23.3. The maximum atomic E-state index is 12.8. The standard InChI is InChI=1S/C25H23N7O2/c33-22(31-24-26-14-15-27-24)18-9-5-10-19-21(18)30-25(29-19)32-23(34)20-11-4-8-17(28-20)13-12-16-6-2-1-3-7-16/h4-5,8-11,14-16H,1-3,6-7H2,(H2,26,27,31,33)(H2,29,30,32,34). The van der Waals surface area contributed by atoms with E-state index in [0.29, 0.717) is 34.2 Å². The van der Waals surface area contributed by atoms with Gasteiger partial charge >= 0.3 is 0 Å². The van der Waals surface area contributed by atoms with E-state index in [2.05, 4.69) is 47.4 Å². The molecular weight excluding hydrogens is 430 g/mol. The summed E-state index contributed by atoms with van der Waals surface area (Å²) in [6, 6.07) is 10.4. The fourth-order valence-corrected chi connectivity index (χ4v) is 4.01. The van der Waals surface area contributed by atoms with E-state index in [1.165, 1.54) is 19.3 Å². The molecule has 170 valence electrons. The summed E-state index contributed by atoms with van der Waals surface area (Å²) in [6.07, 6.45) is 9.13. The van der Waals surface area contributed by atoms with E-state index in [1.54, 1.807) is 48.8 Å². The van der Waals surface area contributed by atoms with Crippen molar-refractivity contribution in [3.8, 4) is 11.8 Å². The second-order valence-electron chi connectivity index (χ2n) is 8.15. The smallest absolute Gasteiger partial charge is 0.276 e. The van der Waals surface area contributed by atoms with E-state index in [0.717, 1.165) is 12.8 Å². The van der Waals surface area contributed by atoms with Gasteiger partial charge in [-0.2, -0.15) is 0 Å². The lowest BCUT2D eigenvalue weighted by molar-refractivity contribution is 0.101. The third-order valence-corrected chi connectivity index (χ3v) is 5.71. The number of fused-ring (bicyclic) bond motifs is 1. The molecule has 1 aliphatic carbocycles. The lowest BCUT2D eigenvalue weighted by atomic mass is 9.90. The van der Waals surface area contributed by atoms with Gasteiger partial charge in [0.1, 0.15) is 16.9 Å². The maximum Gasteiger partial charge on any atom is 0.276 e. The lowest BCUT2D eigenvalue weighted by Gasteiger charge is -2.15. The molecule has 0 aliphatic heterocycles. The second-order valence-corrected chi connectivity index (χ2v) is 8.15. The number of rotatable bonds is 4. The minimum atomic E-state index is -0.415. The number of carbonyl (C=O) groups is 2. The molecule has 3 heterocycles. The van der Waals surface area contributed by atoms with Gasteiger partial charge < -0.3 is 9.97 Å². The number of imidazole rings is 2. The van der Waals surface area contributed by atoms with Crippen molar-refractivity contribution in [2.45, 2.75) is 32.1 Å². The van der Waals surface area contributed by atoms with Crippen LogP contribution in [0.5, 0.6) is 0 Å². The van der Waals surface area contributed by atoms with E-state index < -0.39 is 5.91 Å². The predicted octanol–water partition coefficient (Wildman–Crippen LogP) is 4.12. The summed E-state index contributed by atoms with van der Waals surface area (Å²) in [6.45, 7) is 0. The average Bonchev–Trinajstić information content (AvgIpc) is 3.52. The molecule has 0 unspecified atom stereocenters. The summed E-state index contributed by atoms with van der Waals surface area (Å²) >= 11 is 0. The van der Waals surface area contributed by atoms with Crippen LogP contribution in [-0.4, -0.2) is 36.7 Å². The van der Waals surface area contributed by atoms with Gasteiger partial charge in [0.2, 0.25) is 11.9 Å². The summed E-state index contributed by atoms with van der Waals surface area (Å²) in [7, 11) is 0. The van der Waals surface area contributed by atoms with Crippen molar-refractivity contribution in [1.29, 1.82) is 0 Å². The van der Waals surface area contributed by atoms with Gasteiger partial charge in [-0.05, 0) is 43.0 Å². The number of nitrogens with zero attached hydrogens (tertiary/aromatic N) is 3. The minimum absolute atomic E-state index is 0.221. The molecule has 0 spiro atoms. The van der Waals surface area contributed by atoms with Crippen LogP contribution >= 0.6 is 0 Å². The Morgan fingerprint density at radius 3 is 2.59 bits per heavy atom. The number of H-pyrrole nitrogens is 2. The Balaban J connectivity index is 1.32. The molecule has 3 aromatic heterocycles. The van der Waals surface area contributed by atoms with Gasteiger partial charge in [-0.15, -0.1) is 0 Å². The number of amides is 2. The quantitative estimate of drug-likeness (QED) is 0.346.